The highest BCUT2D eigenvalue weighted by molar-refractivity contribution is 6.12. The van der Waals surface area contributed by atoms with Crippen LogP contribution >= 0.6 is 0 Å². The third-order valence-corrected chi connectivity index (χ3v) is 4.46. The number of aromatic nitrogens is 1. The molecule has 5 heteroatoms. The van der Waals surface area contributed by atoms with Crippen LogP contribution in [-0.4, -0.2) is 23.7 Å². The minimum Gasteiger partial charge on any atom is -0.398 e. The van der Waals surface area contributed by atoms with Crippen molar-refractivity contribution in [3.8, 4) is 0 Å². The van der Waals surface area contributed by atoms with Crippen molar-refractivity contribution in [1.82, 2.24) is 4.98 Å². The van der Waals surface area contributed by atoms with Crippen LogP contribution in [-0.2, 0) is 10.2 Å². The molecule has 122 valence electrons. The summed E-state index contributed by atoms with van der Waals surface area (Å²) in [5.74, 6) is -0.174. The number of rotatable bonds is 3. The smallest absolute Gasteiger partial charge is 0.236 e. The van der Waals surface area contributed by atoms with Crippen LogP contribution < -0.4 is 10.6 Å². The third-order valence-electron chi connectivity index (χ3n) is 4.46. The summed E-state index contributed by atoms with van der Waals surface area (Å²) >= 11 is 0. The van der Waals surface area contributed by atoms with Crippen molar-refractivity contribution in [3.63, 3.8) is 0 Å². The molecule has 0 unspecified atom stereocenters. The molecule has 1 aromatic carbocycles. The molecule has 0 saturated carbocycles. The van der Waals surface area contributed by atoms with Crippen LogP contribution in [0.4, 0.5) is 5.69 Å². The largest absolute Gasteiger partial charge is 0.398 e. The van der Waals surface area contributed by atoms with Gasteiger partial charge in [-0.25, -0.2) is 0 Å². The standard InChI is InChI=1S/C19H19N3O2/c1-19(2)14-5-4-13(10-16(14)22(3)18(19)24)17(23)11-15(20)12-6-8-21-9-7-12/h4-11H,20H2,1-3H3. The number of nitrogens with two attached hydrogens (primary N) is 1. The molecule has 2 aromatic rings. The maximum absolute atomic E-state index is 12.5. The van der Waals surface area contributed by atoms with Gasteiger partial charge in [-0.05, 0) is 37.6 Å². The van der Waals surface area contributed by atoms with E-state index in [0.717, 1.165) is 16.8 Å². The second-order valence-corrected chi connectivity index (χ2v) is 6.42. The Balaban J connectivity index is 1.95. The van der Waals surface area contributed by atoms with Crippen LogP contribution in [0.3, 0.4) is 0 Å². The van der Waals surface area contributed by atoms with Crippen molar-refractivity contribution in [3.05, 3.63) is 65.5 Å². The lowest BCUT2D eigenvalue weighted by atomic mass is 9.85. The van der Waals surface area contributed by atoms with Gasteiger partial charge in [0, 0.05) is 48.0 Å². The number of hydrogen-bond acceptors (Lipinski definition) is 4. The first-order valence-electron chi connectivity index (χ1n) is 7.67. The molecule has 0 saturated heterocycles. The number of nitrogens with zero attached hydrogens (tertiary/aromatic N) is 2. The zero-order valence-corrected chi connectivity index (χ0v) is 13.9. The van der Waals surface area contributed by atoms with Crippen molar-refractivity contribution < 1.29 is 9.59 Å². The summed E-state index contributed by atoms with van der Waals surface area (Å²) in [7, 11) is 1.73. The van der Waals surface area contributed by atoms with Gasteiger partial charge in [0.1, 0.15) is 0 Å². The highest BCUT2D eigenvalue weighted by Gasteiger charge is 2.42. The molecule has 0 aliphatic carbocycles. The first-order valence-corrected chi connectivity index (χ1v) is 7.67. The van der Waals surface area contributed by atoms with Gasteiger partial charge in [-0.3, -0.25) is 14.6 Å². The molecule has 1 aliphatic rings. The summed E-state index contributed by atoms with van der Waals surface area (Å²) in [5.41, 5.74) is 8.74. The minimum absolute atomic E-state index is 0.0222. The monoisotopic (exact) mass is 321 g/mol. The average Bonchev–Trinajstić information content (AvgIpc) is 2.76. The van der Waals surface area contributed by atoms with Gasteiger partial charge in [0.05, 0.1) is 5.41 Å². The summed E-state index contributed by atoms with van der Waals surface area (Å²) in [4.78, 5) is 30.4. The number of likely N-dealkylation sites (N-methyl/N-ethyl adjacent to an activating group) is 1. The Morgan fingerprint density at radius 1 is 1.17 bits per heavy atom. The Morgan fingerprint density at radius 2 is 1.83 bits per heavy atom. The molecule has 0 spiro atoms. The molecule has 1 aliphatic heterocycles. The van der Waals surface area contributed by atoms with E-state index in [0.29, 0.717) is 11.3 Å². The summed E-state index contributed by atoms with van der Waals surface area (Å²) in [5, 5.41) is 0. The molecule has 3 rings (SSSR count). The summed E-state index contributed by atoms with van der Waals surface area (Å²) < 4.78 is 0. The molecular formula is C19H19N3O2. The van der Waals surface area contributed by atoms with Crippen molar-refractivity contribution in [2.75, 3.05) is 11.9 Å². The third kappa shape index (κ3) is 2.48. The predicted octanol–water partition coefficient (Wildman–Crippen LogP) is 2.52. The van der Waals surface area contributed by atoms with E-state index in [2.05, 4.69) is 4.98 Å². The number of ketones is 1. The molecule has 0 fully saturated rings. The van der Waals surface area contributed by atoms with Crippen LogP contribution in [0.1, 0.15) is 35.3 Å². The first kappa shape index (κ1) is 15.9. The number of carbonyl (C=O) groups is 2. The Labute approximate surface area is 140 Å². The van der Waals surface area contributed by atoms with E-state index in [1.165, 1.54) is 6.08 Å². The molecule has 2 N–H and O–H groups in total. The van der Waals surface area contributed by atoms with E-state index < -0.39 is 5.41 Å². The second-order valence-electron chi connectivity index (χ2n) is 6.42. The SMILES string of the molecule is CN1C(=O)C(C)(C)c2ccc(C(=O)C=C(N)c3ccncc3)cc21. The van der Waals surface area contributed by atoms with Crippen molar-refractivity contribution in [1.29, 1.82) is 0 Å². The van der Waals surface area contributed by atoms with E-state index in [4.69, 9.17) is 5.73 Å². The molecular weight excluding hydrogens is 302 g/mol. The maximum atomic E-state index is 12.5. The van der Waals surface area contributed by atoms with E-state index in [-0.39, 0.29) is 11.7 Å². The quantitative estimate of drug-likeness (QED) is 0.696. The predicted molar refractivity (Wildman–Crippen MR) is 93.6 cm³/mol. The lowest BCUT2D eigenvalue weighted by Crippen LogP contribution is -2.33. The fraction of sp³-hybridized carbons (Fsp3) is 0.211. The summed E-state index contributed by atoms with van der Waals surface area (Å²) in [6.07, 6.45) is 4.65. The molecule has 2 heterocycles. The number of anilines is 1. The number of hydrogen-bond donors (Lipinski definition) is 1. The Hall–Kier alpha value is -2.95. The Morgan fingerprint density at radius 3 is 2.50 bits per heavy atom. The number of fused-ring (bicyclic) bond motifs is 1. The van der Waals surface area contributed by atoms with Gasteiger partial charge in [0.25, 0.3) is 0 Å². The molecule has 0 radical (unpaired) electrons. The summed E-state index contributed by atoms with van der Waals surface area (Å²) in [6, 6.07) is 8.83. The van der Waals surface area contributed by atoms with Crippen LogP contribution in [0.25, 0.3) is 5.70 Å². The maximum Gasteiger partial charge on any atom is 0.236 e. The summed E-state index contributed by atoms with van der Waals surface area (Å²) in [6.45, 7) is 3.78. The molecule has 0 bridgehead atoms. The highest BCUT2D eigenvalue weighted by atomic mass is 16.2. The topological polar surface area (TPSA) is 76.3 Å². The normalized spacial score (nSPS) is 16.2. The minimum atomic E-state index is -0.572. The van der Waals surface area contributed by atoms with Crippen LogP contribution in [0.2, 0.25) is 0 Å². The van der Waals surface area contributed by atoms with Crippen LogP contribution in [0, 0.1) is 0 Å². The molecule has 24 heavy (non-hydrogen) atoms. The number of amides is 1. The molecule has 1 amide bonds. The first-order chi connectivity index (χ1) is 11.3. The number of carbonyl (C=O) groups excluding carboxylic acids is 2. The zero-order chi connectivity index (χ0) is 17.5. The zero-order valence-electron chi connectivity index (χ0n) is 13.9. The fourth-order valence-electron chi connectivity index (χ4n) is 2.99. The fourth-order valence-corrected chi connectivity index (χ4v) is 2.99. The lowest BCUT2D eigenvalue weighted by Gasteiger charge is -2.16. The van der Waals surface area contributed by atoms with Crippen LogP contribution in [0.5, 0.6) is 0 Å². The van der Waals surface area contributed by atoms with Gasteiger partial charge in [-0.15, -0.1) is 0 Å². The van der Waals surface area contributed by atoms with Crippen molar-refractivity contribution in [2.45, 2.75) is 19.3 Å². The lowest BCUT2D eigenvalue weighted by molar-refractivity contribution is -0.121. The van der Waals surface area contributed by atoms with Crippen molar-refractivity contribution >= 4 is 23.1 Å². The van der Waals surface area contributed by atoms with Gasteiger partial charge in [-0.2, -0.15) is 0 Å². The van der Waals surface area contributed by atoms with Gasteiger partial charge < -0.3 is 10.6 Å². The van der Waals surface area contributed by atoms with Crippen molar-refractivity contribution in [2.24, 2.45) is 5.73 Å². The average molecular weight is 321 g/mol. The Bertz CT molecular complexity index is 854. The van der Waals surface area contributed by atoms with E-state index in [1.807, 2.05) is 19.9 Å². The van der Waals surface area contributed by atoms with Gasteiger partial charge in [-0.1, -0.05) is 12.1 Å². The second kappa shape index (κ2) is 5.60. The van der Waals surface area contributed by atoms with Gasteiger partial charge >= 0.3 is 0 Å². The number of benzene rings is 1. The molecule has 0 atom stereocenters. The number of allylic oxidation sites excluding steroid dienone is 1. The Kier molecular flexibility index (Phi) is 3.72. The molecule has 5 nitrogen and oxygen atoms in total. The highest BCUT2D eigenvalue weighted by Crippen LogP contribution is 2.41. The van der Waals surface area contributed by atoms with E-state index in [9.17, 15) is 9.59 Å². The van der Waals surface area contributed by atoms with E-state index >= 15 is 0 Å². The van der Waals surface area contributed by atoms with Gasteiger partial charge in [0.2, 0.25) is 5.91 Å². The van der Waals surface area contributed by atoms with E-state index in [1.54, 1.807) is 48.6 Å². The van der Waals surface area contributed by atoms with Crippen LogP contribution in [0.15, 0.2) is 48.8 Å². The molecule has 1 aromatic heterocycles. The van der Waals surface area contributed by atoms with Gasteiger partial charge in [0.15, 0.2) is 5.78 Å². The number of pyridine rings is 1.